The molecule has 146 valence electrons. The van der Waals surface area contributed by atoms with Crippen LogP contribution in [0.25, 0.3) is 0 Å². The molecule has 1 fully saturated rings. The van der Waals surface area contributed by atoms with E-state index in [1.54, 1.807) is 31.2 Å². The minimum atomic E-state index is -2.90. The van der Waals surface area contributed by atoms with E-state index in [2.05, 4.69) is 0 Å². The van der Waals surface area contributed by atoms with E-state index >= 15 is 0 Å². The van der Waals surface area contributed by atoms with Gasteiger partial charge in [-0.3, -0.25) is 0 Å². The molecule has 3 nitrogen and oxygen atoms in total. The monoisotopic (exact) mass is 442 g/mol. The largest absolute Gasteiger partial charge is 0.479 e. The minimum Gasteiger partial charge on any atom is -0.479 e. The number of benzene rings is 1. The van der Waals surface area contributed by atoms with Crippen LogP contribution in [0, 0.1) is 0 Å². The quantitative estimate of drug-likeness (QED) is 0.337. The van der Waals surface area contributed by atoms with Crippen LogP contribution in [0.4, 0.5) is 8.78 Å². The molecule has 1 aliphatic heterocycles. The summed E-state index contributed by atoms with van der Waals surface area (Å²) in [6.45, 7) is 3.48. The average Bonchev–Trinajstić information content (AvgIpc) is 3.38. The maximum Gasteiger partial charge on any atom is 0.295 e. The number of ether oxygens (including phenoxy) is 3. The van der Waals surface area contributed by atoms with Crippen LogP contribution in [0.5, 0.6) is 0 Å². The highest BCUT2D eigenvalue weighted by Gasteiger charge is 2.35. The molecule has 0 N–H and O–H groups in total. The maximum absolute atomic E-state index is 14.4. The highest BCUT2D eigenvalue weighted by molar-refractivity contribution is 8.23. The Hall–Kier alpha value is -0.120. The van der Waals surface area contributed by atoms with Gasteiger partial charge in [-0.15, -0.1) is 0 Å². The molecule has 2 rings (SSSR count). The van der Waals surface area contributed by atoms with Crippen molar-refractivity contribution in [3.63, 3.8) is 0 Å². The van der Waals surface area contributed by atoms with Gasteiger partial charge in [-0.1, -0.05) is 47.3 Å². The van der Waals surface area contributed by atoms with E-state index in [1.165, 1.54) is 0 Å². The van der Waals surface area contributed by atoms with E-state index in [4.69, 9.17) is 38.0 Å². The first-order valence-electron chi connectivity index (χ1n) is 8.17. The molecule has 0 aliphatic carbocycles. The van der Waals surface area contributed by atoms with Gasteiger partial charge in [-0.2, -0.15) is 8.78 Å². The summed E-state index contributed by atoms with van der Waals surface area (Å²) in [5.74, 6) is 0.203. The maximum atomic E-state index is 14.4. The minimum absolute atomic E-state index is 0.0966. The van der Waals surface area contributed by atoms with E-state index in [-0.39, 0.29) is 29.3 Å². The Morgan fingerprint density at radius 1 is 1.42 bits per heavy atom. The summed E-state index contributed by atoms with van der Waals surface area (Å²) in [7, 11) is 0. The van der Waals surface area contributed by atoms with Gasteiger partial charge in [0, 0.05) is 22.4 Å². The normalized spacial score (nSPS) is 17.8. The molecule has 2 atom stereocenters. The van der Waals surface area contributed by atoms with Crippen molar-refractivity contribution in [1.29, 1.82) is 0 Å². The number of thioether (sulfide) groups is 2. The van der Waals surface area contributed by atoms with Crippen LogP contribution >= 0.6 is 47.3 Å². The second kappa shape index (κ2) is 11.0. The topological polar surface area (TPSA) is 31.0 Å². The second-order valence-corrected chi connectivity index (χ2v) is 9.19. The molecule has 9 heteroatoms. The van der Waals surface area contributed by atoms with Gasteiger partial charge in [0.2, 0.25) is 4.38 Å². The van der Waals surface area contributed by atoms with Crippen molar-refractivity contribution in [2.75, 3.05) is 26.4 Å². The van der Waals surface area contributed by atoms with Gasteiger partial charge in [0.05, 0.1) is 26.4 Å². The van der Waals surface area contributed by atoms with Gasteiger partial charge in [0.1, 0.15) is 6.10 Å². The van der Waals surface area contributed by atoms with Crippen LogP contribution in [0.3, 0.4) is 0 Å². The molecule has 1 aromatic rings. The highest BCUT2D eigenvalue weighted by Crippen LogP contribution is 2.39. The van der Waals surface area contributed by atoms with Crippen molar-refractivity contribution in [2.24, 2.45) is 0 Å². The molecular formula is C17H21ClF2O3S3. The number of hydrogen-bond acceptors (Lipinski definition) is 6. The van der Waals surface area contributed by atoms with Crippen molar-refractivity contribution in [3.8, 4) is 0 Å². The number of thiocarbonyl (C=S) groups is 1. The summed E-state index contributed by atoms with van der Waals surface area (Å²) in [5.41, 5.74) is 0.801. The third kappa shape index (κ3) is 9.19. The van der Waals surface area contributed by atoms with E-state index in [0.29, 0.717) is 36.6 Å². The molecule has 0 saturated carbocycles. The molecule has 0 aromatic heterocycles. The van der Waals surface area contributed by atoms with Crippen molar-refractivity contribution in [2.45, 2.75) is 35.7 Å². The van der Waals surface area contributed by atoms with Crippen LogP contribution in [0.1, 0.15) is 18.9 Å². The third-order valence-electron chi connectivity index (χ3n) is 3.36. The standard InChI is InChI=1S/C17H21ClF2O3S3/c1-2-22-16(24)26-15(10-21-8-14-9-23-14)7-17(19,20)25-11-12-3-5-13(18)6-4-12/h3-6,14-15H,2,7-11H2,1H3. The third-order valence-corrected chi connectivity index (χ3v) is 6.04. The Balaban J connectivity index is 1.84. The summed E-state index contributed by atoms with van der Waals surface area (Å²) < 4.78 is 44.9. The molecular weight excluding hydrogens is 422 g/mol. The summed E-state index contributed by atoms with van der Waals surface area (Å²) >= 11 is 12.6. The summed E-state index contributed by atoms with van der Waals surface area (Å²) in [6.07, 6.45) is -0.256. The molecule has 0 radical (unpaired) electrons. The van der Waals surface area contributed by atoms with Gasteiger partial charge in [-0.05, 0) is 36.8 Å². The zero-order valence-corrected chi connectivity index (χ0v) is 17.5. The Labute approximate surface area is 171 Å². The fourth-order valence-corrected chi connectivity index (χ4v) is 4.57. The average molecular weight is 443 g/mol. The molecule has 0 spiro atoms. The Morgan fingerprint density at radius 2 is 2.12 bits per heavy atom. The lowest BCUT2D eigenvalue weighted by Crippen LogP contribution is -2.25. The van der Waals surface area contributed by atoms with Gasteiger partial charge < -0.3 is 14.2 Å². The molecule has 0 bridgehead atoms. The molecule has 0 amide bonds. The van der Waals surface area contributed by atoms with E-state index < -0.39 is 10.5 Å². The molecule has 2 unspecified atom stereocenters. The number of hydrogen-bond donors (Lipinski definition) is 0. The molecule has 1 heterocycles. The summed E-state index contributed by atoms with van der Waals surface area (Å²) in [5, 5.41) is -2.80. The lowest BCUT2D eigenvalue weighted by molar-refractivity contribution is 0.0692. The molecule has 1 aromatic carbocycles. The lowest BCUT2D eigenvalue weighted by atomic mass is 10.2. The fourth-order valence-electron chi connectivity index (χ4n) is 2.01. The Morgan fingerprint density at radius 3 is 2.73 bits per heavy atom. The Kier molecular flexibility index (Phi) is 9.40. The van der Waals surface area contributed by atoms with Gasteiger partial charge in [-0.25, -0.2) is 0 Å². The van der Waals surface area contributed by atoms with Crippen molar-refractivity contribution in [3.05, 3.63) is 34.9 Å². The predicted octanol–water partition coefficient (Wildman–Crippen LogP) is 5.39. The van der Waals surface area contributed by atoms with Crippen molar-refractivity contribution < 1.29 is 23.0 Å². The summed E-state index contributed by atoms with van der Waals surface area (Å²) in [4.78, 5) is 0. The first-order chi connectivity index (χ1) is 12.4. The molecule has 1 aliphatic rings. The summed E-state index contributed by atoms with van der Waals surface area (Å²) in [6, 6.07) is 6.90. The van der Waals surface area contributed by atoms with Gasteiger partial charge >= 0.3 is 0 Å². The van der Waals surface area contributed by atoms with Gasteiger partial charge in [0.15, 0.2) is 0 Å². The van der Waals surface area contributed by atoms with Crippen LogP contribution in [-0.2, 0) is 20.0 Å². The van der Waals surface area contributed by atoms with E-state index in [9.17, 15) is 8.78 Å². The number of epoxide rings is 1. The smallest absolute Gasteiger partial charge is 0.295 e. The van der Waals surface area contributed by atoms with Crippen LogP contribution < -0.4 is 0 Å². The fraction of sp³-hybridized carbons (Fsp3) is 0.588. The zero-order chi connectivity index (χ0) is 19.0. The predicted molar refractivity (Wildman–Crippen MR) is 108 cm³/mol. The van der Waals surface area contributed by atoms with E-state index in [0.717, 1.165) is 17.3 Å². The number of rotatable bonds is 11. The molecule has 1 saturated heterocycles. The second-order valence-electron chi connectivity index (χ2n) is 5.67. The first kappa shape index (κ1) is 22.2. The first-order valence-corrected chi connectivity index (χ1v) is 10.8. The van der Waals surface area contributed by atoms with Crippen LogP contribution in [0.15, 0.2) is 24.3 Å². The van der Waals surface area contributed by atoms with Crippen LogP contribution in [-0.4, -0.2) is 47.4 Å². The Bertz CT molecular complexity index is 571. The SMILES string of the molecule is CCOC(=S)SC(COCC1CO1)CC(F)(F)SCc1ccc(Cl)cc1. The van der Waals surface area contributed by atoms with Crippen LogP contribution in [0.2, 0.25) is 5.02 Å². The van der Waals surface area contributed by atoms with E-state index in [1.807, 2.05) is 0 Å². The van der Waals surface area contributed by atoms with Crippen molar-refractivity contribution >= 4 is 51.7 Å². The molecule has 26 heavy (non-hydrogen) atoms. The highest BCUT2D eigenvalue weighted by atomic mass is 35.5. The lowest BCUT2D eigenvalue weighted by Gasteiger charge is -2.22. The number of alkyl halides is 2. The zero-order valence-electron chi connectivity index (χ0n) is 14.3. The van der Waals surface area contributed by atoms with Gasteiger partial charge in [0.25, 0.3) is 5.25 Å². The number of halogens is 3. The van der Waals surface area contributed by atoms with Crippen molar-refractivity contribution in [1.82, 2.24) is 0 Å².